The highest BCUT2D eigenvalue weighted by atomic mass is 32.1. The van der Waals surface area contributed by atoms with Crippen molar-refractivity contribution in [1.82, 2.24) is 14.7 Å². The van der Waals surface area contributed by atoms with Crippen LogP contribution in [0.3, 0.4) is 0 Å². The van der Waals surface area contributed by atoms with Gasteiger partial charge in [-0.15, -0.1) is 11.3 Å². The average Bonchev–Trinajstić information content (AvgIpc) is 2.86. The van der Waals surface area contributed by atoms with Crippen molar-refractivity contribution in [3.8, 4) is 0 Å². The van der Waals surface area contributed by atoms with Crippen LogP contribution in [0, 0.1) is 19.8 Å². The number of imidazole rings is 1. The molecule has 0 fully saturated rings. The number of aromatic nitrogens is 2. The molecule has 1 N–H and O–H groups in total. The molecule has 0 saturated heterocycles. The number of rotatable bonds is 6. The lowest BCUT2D eigenvalue weighted by Crippen LogP contribution is -2.22. The molecule has 3 nitrogen and oxygen atoms in total. The SMILES string of the molecule is CCC(CC)CNCc1c(C)nc2scc(C)n12. The second-order valence-corrected chi connectivity index (χ2v) is 5.79. The second kappa shape index (κ2) is 5.85. The average molecular weight is 265 g/mol. The van der Waals surface area contributed by atoms with Gasteiger partial charge in [0.2, 0.25) is 0 Å². The summed E-state index contributed by atoms with van der Waals surface area (Å²) in [6.45, 7) is 10.8. The largest absolute Gasteiger partial charge is 0.311 e. The van der Waals surface area contributed by atoms with Gasteiger partial charge in [0.15, 0.2) is 4.96 Å². The fourth-order valence-electron chi connectivity index (χ4n) is 2.35. The van der Waals surface area contributed by atoms with E-state index in [1.165, 1.54) is 24.2 Å². The maximum absolute atomic E-state index is 4.61. The van der Waals surface area contributed by atoms with Crippen LogP contribution in [-0.4, -0.2) is 15.9 Å². The highest BCUT2D eigenvalue weighted by Gasteiger charge is 2.12. The zero-order valence-electron chi connectivity index (χ0n) is 11.8. The van der Waals surface area contributed by atoms with Crippen molar-refractivity contribution < 1.29 is 0 Å². The van der Waals surface area contributed by atoms with Gasteiger partial charge in [0, 0.05) is 17.6 Å². The van der Waals surface area contributed by atoms with Crippen LogP contribution in [0.1, 0.15) is 43.8 Å². The van der Waals surface area contributed by atoms with E-state index in [1.54, 1.807) is 11.3 Å². The molecule has 0 unspecified atom stereocenters. The maximum Gasteiger partial charge on any atom is 0.194 e. The summed E-state index contributed by atoms with van der Waals surface area (Å²) in [6.07, 6.45) is 2.50. The molecule has 0 spiro atoms. The van der Waals surface area contributed by atoms with E-state index in [1.807, 2.05) is 0 Å². The maximum atomic E-state index is 4.61. The normalized spacial score (nSPS) is 11.8. The third-order valence-corrected chi connectivity index (χ3v) is 4.65. The Morgan fingerprint density at radius 2 is 2.06 bits per heavy atom. The van der Waals surface area contributed by atoms with Crippen molar-refractivity contribution in [3.63, 3.8) is 0 Å². The van der Waals surface area contributed by atoms with Crippen LogP contribution in [0.25, 0.3) is 4.96 Å². The van der Waals surface area contributed by atoms with E-state index in [0.717, 1.165) is 29.7 Å². The van der Waals surface area contributed by atoms with E-state index >= 15 is 0 Å². The highest BCUT2D eigenvalue weighted by molar-refractivity contribution is 7.15. The van der Waals surface area contributed by atoms with E-state index in [4.69, 9.17) is 0 Å². The third-order valence-electron chi connectivity index (χ3n) is 3.71. The smallest absolute Gasteiger partial charge is 0.194 e. The number of thiazole rings is 1. The molecule has 0 bridgehead atoms. The molecule has 0 aliphatic heterocycles. The predicted molar refractivity (Wildman–Crippen MR) is 78.3 cm³/mol. The summed E-state index contributed by atoms with van der Waals surface area (Å²) >= 11 is 1.72. The fourth-order valence-corrected chi connectivity index (χ4v) is 3.28. The molecule has 2 heterocycles. The number of fused-ring (bicyclic) bond motifs is 1. The molecule has 0 aromatic carbocycles. The Labute approximate surface area is 113 Å². The van der Waals surface area contributed by atoms with Gasteiger partial charge in [-0.05, 0) is 26.3 Å². The molecule has 4 heteroatoms. The lowest BCUT2D eigenvalue weighted by molar-refractivity contribution is 0.447. The van der Waals surface area contributed by atoms with E-state index in [9.17, 15) is 0 Å². The van der Waals surface area contributed by atoms with E-state index in [0.29, 0.717) is 0 Å². The Balaban J connectivity index is 2.07. The van der Waals surface area contributed by atoms with Crippen LogP contribution in [-0.2, 0) is 6.54 Å². The Bertz CT molecular complexity index is 508. The first-order valence-electron chi connectivity index (χ1n) is 6.80. The Kier molecular flexibility index (Phi) is 4.40. The van der Waals surface area contributed by atoms with Gasteiger partial charge >= 0.3 is 0 Å². The molecule has 0 saturated carbocycles. The predicted octanol–water partition coefficient (Wildman–Crippen LogP) is 3.54. The van der Waals surface area contributed by atoms with Crippen molar-refractivity contribution in [2.45, 2.75) is 47.1 Å². The Morgan fingerprint density at radius 3 is 2.72 bits per heavy atom. The minimum atomic E-state index is 0.789. The molecule has 0 aliphatic rings. The van der Waals surface area contributed by atoms with Gasteiger partial charge < -0.3 is 5.32 Å². The van der Waals surface area contributed by atoms with Crippen LogP contribution >= 0.6 is 11.3 Å². The van der Waals surface area contributed by atoms with Gasteiger partial charge in [-0.3, -0.25) is 4.40 Å². The standard InChI is InChI=1S/C14H23N3S/c1-5-12(6-2)7-15-8-13-11(4)16-14-17(13)10(3)9-18-14/h9,12,15H,5-8H2,1-4H3. The van der Waals surface area contributed by atoms with Crippen molar-refractivity contribution in [2.24, 2.45) is 5.92 Å². The summed E-state index contributed by atoms with van der Waals surface area (Å²) in [7, 11) is 0. The summed E-state index contributed by atoms with van der Waals surface area (Å²) in [4.78, 5) is 5.73. The minimum absolute atomic E-state index is 0.789. The fraction of sp³-hybridized carbons (Fsp3) is 0.643. The van der Waals surface area contributed by atoms with Gasteiger partial charge in [-0.2, -0.15) is 0 Å². The molecule has 0 amide bonds. The van der Waals surface area contributed by atoms with Gasteiger partial charge in [-0.25, -0.2) is 4.98 Å². The molecular weight excluding hydrogens is 242 g/mol. The molecule has 18 heavy (non-hydrogen) atoms. The van der Waals surface area contributed by atoms with Gasteiger partial charge in [0.05, 0.1) is 11.4 Å². The number of nitrogens with zero attached hydrogens (tertiary/aromatic N) is 2. The molecule has 0 atom stereocenters. The number of hydrogen-bond acceptors (Lipinski definition) is 3. The first-order valence-corrected chi connectivity index (χ1v) is 7.68. The van der Waals surface area contributed by atoms with E-state index < -0.39 is 0 Å². The van der Waals surface area contributed by atoms with Crippen LogP contribution < -0.4 is 5.32 Å². The van der Waals surface area contributed by atoms with Crippen molar-refractivity contribution >= 4 is 16.3 Å². The molecule has 2 aromatic heterocycles. The number of aryl methyl sites for hydroxylation is 2. The van der Waals surface area contributed by atoms with E-state index in [-0.39, 0.29) is 0 Å². The number of hydrogen-bond donors (Lipinski definition) is 1. The first kappa shape index (κ1) is 13.6. The quantitative estimate of drug-likeness (QED) is 0.865. The van der Waals surface area contributed by atoms with E-state index in [2.05, 4.69) is 47.8 Å². The summed E-state index contributed by atoms with van der Waals surface area (Å²) in [5.74, 6) is 0.789. The van der Waals surface area contributed by atoms with Crippen LogP contribution in [0.4, 0.5) is 0 Å². The van der Waals surface area contributed by atoms with Crippen LogP contribution in [0.2, 0.25) is 0 Å². The zero-order chi connectivity index (χ0) is 13.1. The Morgan fingerprint density at radius 1 is 1.33 bits per heavy atom. The van der Waals surface area contributed by atoms with Crippen LogP contribution in [0.15, 0.2) is 5.38 Å². The molecular formula is C14H23N3S. The minimum Gasteiger partial charge on any atom is -0.311 e. The lowest BCUT2D eigenvalue weighted by Gasteiger charge is -2.13. The molecule has 2 rings (SSSR count). The van der Waals surface area contributed by atoms with Gasteiger partial charge in [-0.1, -0.05) is 26.7 Å². The second-order valence-electron chi connectivity index (χ2n) is 4.95. The molecule has 0 aliphatic carbocycles. The zero-order valence-corrected chi connectivity index (χ0v) is 12.6. The van der Waals surface area contributed by atoms with Crippen LogP contribution in [0.5, 0.6) is 0 Å². The van der Waals surface area contributed by atoms with Crippen molar-refractivity contribution in [1.29, 1.82) is 0 Å². The first-order chi connectivity index (χ1) is 8.67. The third kappa shape index (κ3) is 2.59. The van der Waals surface area contributed by atoms with Crippen molar-refractivity contribution in [3.05, 3.63) is 22.5 Å². The highest BCUT2D eigenvalue weighted by Crippen LogP contribution is 2.20. The topological polar surface area (TPSA) is 29.3 Å². The molecule has 0 radical (unpaired) electrons. The molecule has 2 aromatic rings. The lowest BCUT2D eigenvalue weighted by atomic mass is 10.0. The summed E-state index contributed by atoms with van der Waals surface area (Å²) < 4.78 is 2.28. The van der Waals surface area contributed by atoms with Gasteiger partial charge in [0.25, 0.3) is 0 Å². The summed E-state index contributed by atoms with van der Waals surface area (Å²) in [5.41, 5.74) is 3.76. The number of nitrogens with one attached hydrogen (secondary N) is 1. The van der Waals surface area contributed by atoms with Gasteiger partial charge in [0.1, 0.15) is 0 Å². The monoisotopic (exact) mass is 265 g/mol. The molecule has 100 valence electrons. The Hall–Kier alpha value is -0.870. The summed E-state index contributed by atoms with van der Waals surface area (Å²) in [6, 6.07) is 0. The van der Waals surface area contributed by atoms with Crippen molar-refractivity contribution in [2.75, 3.05) is 6.54 Å². The summed E-state index contributed by atoms with van der Waals surface area (Å²) in [5, 5.41) is 5.76.